The van der Waals surface area contributed by atoms with Crippen LogP contribution in [0.15, 0.2) is 47.4 Å². The van der Waals surface area contributed by atoms with Crippen molar-refractivity contribution < 1.29 is 9.13 Å². The zero-order valence-corrected chi connectivity index (χ0v) is 12.5. The highest BCUT2D eigenvalue weighted by Gasteiger charge is 2.06. The summed E-state index contributed by atoms with van der Waals surface area (Å²) in [5.41, 5.74) is 2.33. The lowest BCUT2D eigenvalue weighted by Gasteiger charge is -2.11. The molecule has 0 amide bonds. The average Bonchev–Trinajstić information content (AvgIpc) is 2.46. The van der Waals surface area contributed by atoms with Gasteiger partial charge in [0.05, 0.1) is 7.11 Å². The van der Waals surface area contributed by atoms with E-state index in [9.17, 15) is 4.39 Å². The van der Waals surface area contributed by atoms with Crippen LogP contribution < -0.4 is 10.1 Å². The van der Waals surface area contributed by atoms with Crippen molar-refractivity contribution in [1.82, 2.24) is 5.32 Å². The highest BCUT2D eigenvalue weighted by molar-refractivity contribution is 7.98. The van der Waals surface area contributed by atoms with Gasteiger partial charge in [0.2, 0.25) is 0 Å². The van der Waals surface area contributed by atoms with E-state index in [-0.39, 0.29) is 5.82 Å². The van der Waals surface area contributed by atoms with Crippen molar-refractivity contribution in [2.75, 3.05) is 14.2 Å². The number of rotatable bonds is 6. The quantitative estimate of drug-likeness (QED) is 0.817. The summed E-state index contributed by atoms with van der Waals surface area (Å²) in [4.78, 5) is 0.922. The molecule has 0 aliphatic heterocycles. The van der Waals surface area contributed by atoms with Gasteiger partial charge in [-0.05, 0) is 42.9 Å². The maximum absolute atomic E-state index is 13.2. The highest BCUT2D eigenvalue weighted by Crippen LogP contribution is 2.29. The van der Waals surface area contributed by atoms with Gasteiger partial charge in [0, 0.05) is 22.8 Å². The third kappa shape index (κ3) is 3.99. The third-order valence-electron chi connectivity index (χ3n) is 2.92. The summed E-state index contributed by atoms with van der Waals surface area (Å²) in [6, 6.07) is 12.8. The van der Waals surface area contributed by atoms with Crippen LogP contribution in [-0.4, -0.2) is 14.2 Å². The molecule has 0 fully saturated rings. The van der Waals surface area contributed by atoms with E-state index in [1.165, 1.54) is 11.6 Å². The van der Waals surface area contributed by atoms with Crippen LogP contribution in [0, 0.1) is 5.82 Å². The molecule has 4 heteroatoms. The van der Waals surface area contributed by atoms with Gasteiger partial charge >= 0.3 is 0 Å². The van der Waals surface area contributed by atoms with Gasteiger partial charge in [0.25, 0.3) is 0 Å². The van der Waals surface area contributed by atoms with Crippen LogP contribution in [0.25, 0.3) is 0 Å². The lowest BCUT2D eigenvalue weighted by atomic mass is 10.1. The molecule has 1 N–H and O–H groups in total. The van der Waals surface area contributed by atoms with Crippen LogP contribution in [0.2, 0.25) is 0 Å². The van der Waals surface area contributed by atoms with Crippen molar-refractivity contribution in [1.29, 1.82) is 0 Å². The van der Waals surface area contributed by atoms with E-state index < -0.39 is 0 Å². The summed E-state index contributed by atoms with van der Waals surface area (Å²) in [6.45, 7) is 0.821. The standard InChI is InChI=1S/C16H18FNOS/c1-18-10-12-6-7-16(19-2)13(8-12)11-20-15-5-3-4-14(17)9-15/h3-9,18H,10-11H2,1-2H3. The second-order valence-corrected chi connectivity index (χ2v) is 5.47. The summed E-state index contributed by atoms with van der Waals surface area (Å²) in [7, 11) is 3.59. The Morgan fingerprint density at radius 3 is 2.75 bits per heavy atom. The first-order chi connectivity index (χ1) is 9.72. The molecule has 0 spiro atoms. The number of benzene rings is 2. The minimum atomic E-state index is -0.203. The zero-order chi connectivity index (χ0) is 14.4. The molecule has 0 saturated heterocycles. The second-order valence-electron chi connectivity index (χ2n) is 4.42. The fourth-order valence-corrected chi connectivity index (χ4v) is 2.90. The molecule has 2 aromatic carbocycles. The second kappa shape index (κ2) is 7.31. The van der Waals surface area contributed by atoms with Gasteiger partial charge in [-0.1, -0.05) is 12.1 Å². The van der Waals surface area contributed by atoms with E-state index in [0.717, 1.165) is 28.5 Å². The van der Waals surface area contributed by atoms with E-state index in [4.69, 9.17) is 4.74 Å². The van der Waals surface area contributed by atoms with Crippen molar-refractivity contribution in [3.63, 3.8) is 0 Å². The fraction of sp³-hybridized carbons (Fsp3) is 0.250. The first-order valence-corrected chi connectivity index (χ1v) is 7.40. The Bertz CT molecular complexity index is 574. The predicted molar refractivity (Wildman–Crippen MR) is 81.7 cm³/mol. The monoisotopic (exact) mass is 291 g/mol. The van der Waals surface area contributed by atoms with Crippen LogP contribution >= 0.6 is 11.8 Å². The normalized spacial score (nSPS) is 10.6. The lowest BCUT2D eigenvalue weighted by molar-refractivity contribution is 0.411. The molecule has 0 saturated carbocycles. The highest BCUT2D eigenvalue weighted by atomic mass is 32.2. The van der Waals surface area contributed by atoms with Gasteiger partial charge in [-0.2, -0.15) is 0 Å². The summed E-state index contributed by atoms with van der Waals surface area (Å²) in [6.07, 6.45) is 0. The van der Waals surface area contributed by atoms with Gasteiger partial charge in [-0.15, -0.1) is 11.8 Å². The number of hydrogen-bond acceptors (Lipinski definition) is 3. The number of ether oxygens (including phenoxy) is 1. The number of thioether (sulfide) groups is 1. The summed E-state index contributed by atoms with van der Waals surface area (Å²) >= 11 is 1.60. The molecule has 0 aliphatic rings. The topological polar surface area (TPSA) is 21.3 Å². The minimum Gasteiger partial charge on any atom is -0.496 e. The summed E-state index contributed by atoms with van der Waals surface area (Å²) in [5.74, 6) is 1.42. The Hall–Kier alpha value is -1.52. The van der Waals surface area contributed by atoms with Crippen molar-refractivity contribution in [3.8, 4) is 5.75 Å². The van der Waals surface area contributed by atoms with Gasteiger partial charge in [0.1, 0.15) is 11.6 Å². The van der Waals surface area contributed by atoms with Crippen LogP contribution in [0.1, 0.15) is 11.1 Å². The van der Waals surface area contributed by atoms with Crippen molar-refractivity contribution in [2.45, 2.75) is 17.2 Å². The summed E-state index contributed by atoms with van der Waals surface area (Å²) < 4.78 is 18.5. The smallest absolute Gasteiger partial charge is 0.124 e. The van der Waals surface area contributed by atoms with E-state index in [0.29, 0.717) is 0 Å². The molecule has 0 aliphatic carbocycles. The van der Waals surface area contributed by atoms with E-state index >= 15 is 0 Å². The maximum atomic E-state index is 13.2. The molecular weight excluding hydrogens is 273 g/mol. The SMILES string of the molecule is CNCc1ccc(OC)c(CSc2cccc(F)c2)c1. The van der Waals surface area contributed by atoms with E-state index in [2.05, 4.69) is 11.4 Å². The van der Waals surface area contributed by atoms with E-state index in [1.807, 2.05) is 25.2 Å². The summed E-state index contributed by atoms with van der Waals surface area (Å²) in [5, 5.41) is 3.13. The van der Waals surface area contributed by atoms with Gasteiger partial charge in [-0.3, -0.25) is 0 Å². The van der Waals surface area contributed by atoms with Crippen LogP contribution in [0.5, 0.6) is 5.75 Å². The molecule has 0 unspecified atom stereocenters. The maximum Gasteiger partial charge on any atom is 0.124 e. The molecule has 2 nitrogen and oxygen atoms in total. The van der Waals surface area contributed by atoms with Gasteiger partial charge in [-0.25, -0.2) is 4.39 Å². The number of nitrogens with one attached hydrogen (secondary N) is 1. The molecule has 0 bridgehead atoms. The lowest BCUT2D eigenvalue weighted by Crippen LogP contribution is -2.05. The molecule has 0 atom stereocenters. The molecule has 2 aromatic rings. The number of hydrogen-bond donors (Lipinski definition) is 1. The zero-order valence-electron chi connectivity index (χ0n) is 11.7. The molecular formula is C16H18FNOS. The molecule has 0 aromatic heterocycles. The molecule has 2 rings (SSSR count). The first-order valence-electron chi connectivity index (χ1n) is 6.41. The minimum absolute atomic E-state index is 0.203. The first kappa shape index (κ1) is 14.9. The largest absolute Gasteiger partial charge is 0.496 e. The fourth-order valence-electron chi connectivity index (χ4n) is 1.98. The van der Waals surface area contributed by atoms with Crippen molar-refractivity contribution in [2.24, 2.45) is 0 Å². The third-order valence-corrected chi connectivity index (χ3v) is 3.96. The Labute approximate surface area is 123 Å². The molecule has 106 valence electrons. The molecule has 0 radical (unpaired) electrons. The van der Waals surface area contributed by atoms with Gasteiger partial charge < -0.3 is 10.1 Å². The van der Waals surface area contributed by atoms with Crippen molar-refractivity contribution >= 4 is 11.8 Å². The van der Waals surface area contributed by atoms with E-state index in [1.54, 1.807) is 31.0 Å². The number of halogens is 1. The van der Waals surface area contributed by atoms with Crippen molar-refractivity contribution in [3.05, 3.63) is 59.4 Å². The molecule has 20 heavy (non-hydrogen) atoms. The van der Waals surface area contributed by atoms with Crippen LogP contribution in [-0.2, 0) is 12.3 Å². The molecule has 0 heterocycles. The Kier molecular flexibility index (Phi) is 5.44. The van der Waals surface area contributed by atoms with Gasteiger partial charge in [0.15, 0.2) is 0 Å². The Balaban J connectivity index is 2.12. The number of methoxy groups -OCH3 is 1. The average molecular weight is 291 g/mol. The predicted octanol–water partition coefficient (Wildman–Crippen LogP) is 3.85. The van der Waals surface area contributed by atoms with Crippen LogP contribution in [0.4, 0.5) is 4.39 Å². The van der Waals surface area contributed by atoms with Crippen LogP contribution in [0.3, 0.4) is 0 Å². The Morgan fingerprint density at radius 1 is 1.20 bits per heavy atom. The Morgan fingerprint density at radius 2 is 2.05 bits per heavy atom.